The number of likely N-dealkylation sites (tertiary alicyclic amines) is 1. The molecule has 0 saturated carbocycles. The topological polar surface area (TPSA) is 42.4 Å². The summed E-state index contributed by atoms with van der Waals surface area (Å²) >= 11 is 5.85. The zero-order valence-electron chi connectivity index (χ0n) is 10.7. The van der Waals surface area contributed by atoms with Crippen molar-refractivity contribution in [3.8, 4) is 0 Å². The molecule has 1 fully saturated rings. The summed E-state index contributed by atoms with van der Waals surface area (Å²) in [5.74, 6) is -0.854. The van der Waals surface area contributed by atoms with Crippen LogP contribution in [0.2, 0.25) is 5.15 Å². The van der Waals surface area contributed by atoms with Gasteiger partial charge >= 0.3 is 0 Å². The predicted molar refractivity (Wildman–Crippen MR) is 69.8 cm³/mol. The SMILES string of the molecule is CCOC1CCCN(C(=O)c2cc(F)cnc2Cl)C1. The van der Waals surface area contributed by atoms with E-state index in [0.717, 1.165) is 25.1 Å². The van der Waals surface area contributed by atoms with Gasteiger partial charge in [-0.1, -0.05) is 11.6 Å². The summed E-state index contributed by atoms with van der Waals surface area (Å²) in [5, 5.41) is 0.0323. The van der Waals surface area contributed by atoms with E-state index in [1.54, 1.807) is 4.90 Å². The lowest BCUT2D eigenvalue weighted by Gasteiger charge is -2.32. The standard InChI is InChI=1S/C13H16ClFN2O2/c1-2-19-10-4-3-5-17(8-10)13(18)11-6-9(15)7-16-12(11)14/h6-7,10H,2-5,8H2,1H3. The van der Waals surface area contributed by atoms with Crippen LogP contribution in [-0.2, 0) is 4.74 Å². The summed E-state index contributed by atoms with van der Waals surface area (Å²) < 4.78 is 18.7. The molecule has 0 bridgehead atoms. The zero-order valence-corrected chi connectivity index (χ0v) is 11.5. The molecule has 1 saturated heterocycles. The minimum Gasteiger partial charge on any atom is -0.377 e. The molecule has 1 amide bonds. The Hall–Kier alpha value is -1.20. The summed E-state index contributed by atoms with van der Waals surface area (Å²) in [6, 6.07) is 1.13. The summed E-state index contributed by atoms with van der Waals surface area (Å²) in [7, 11) is 0. The molecule has 104 valence electrons. The van der Waals surface area contributed by atoms with Crippen LogP contribution >= 0.6 is 11.6 Å². The van der Waals surface area contributed by atoms with Gasteiger partial charge in [0, 0.05) is 19.7 Å². The highest BCUT2D eigenvalue weighted by atomic mass is 35.5. The number of rotatable bonds is 3. The van der Waals surface area contributed by atoms with E-state index >= 15 is 0 Å². The first-order valence-corrected chi connectivity index (χ1v) is 6.71. The molecular weight excluding hydrogens is 271 g/mol. The second-order valence-electron chi connectivity index (χ2n) is 4.46. The third-order valence-corrected chi connectivity index (χ3v) is 3.41. The Morgan fingerprint density at radius 3 is 3.21 bits per heavy atom. The van der Waals surface area contributed by atoms with E-state index < -0.39 is 5.82 Å². The second kappa shape index (κ2) is 6.30. The van der Waals surface area contributed by atoms with Crippen molar-refractivity contribution in [2.24, 2.45) is 0 Å². The third kappa shape index (κ3) is 3.42. The molecule has 2 heterocycles. The van der Waals surface area contributed by atoms with Crippen LogP contribution < -0.4 is 0 Å². The van der Waals surface area contributed by atoms with Crippen LogP contribution in [0.1, 0.15) is 30.1 Å². The number of hydrogen-bond donors (Lipinski definition) is 0. The number of carbonyl (C=O) groups excluding carboxylic acids is 1. The maximum atomic E-state index is 13.2. The van der Waals surface area contributed by atoms with Crippen molar-refractivity contribution in [2.75, 3.05) is 19.7 Å². The van der Waals surface area contributed by atoms with Crippen LogP contribution in [0.4, 0.5) is 4.39 Å². The van der Waals surface area contributed by atoms with Gasteiger partial charge in [0.15, 0.2) is 0 Å². The van der Waals surface area contributed by atoms with Gasteiger partial charge in [0.1, 0.15) is 11.0 Å². The molecule has 2 rings (SSSR count). The van der Waals surface area contributed by atoms with Crippen LogP contribution in [-0.4, -0.2) is 41.6 Å². The lowest BCUT2D eigenvalue weighted by molar-refractivity contribution is 0.00722. The van der Waals surface area contributed by atoms with Gasteiger partial charge in [0.05, 0.1) is 17.9 Å². The van der Waals surface area contributed by atoms with E-state index in [1.807, 2.05) is 6.92 Å². The van der Waals surface area contributed by atoms with Crippen LogP contribution in [0.3, 0.4) is 0 Å². The quantitative estimate of drug-likeness (QED) is 0.802. The molecule has 19 heavy (non-hydrogen) atoms. The highest BCUT2D eigenvalue weighted by molar-refractivity contribution is 6.32. The molecular formula is C13H16ClFN2O2. The van der Waals surface area contributed by atoms with Gasteiger partial charge in [0.2, 0.25) is 0 Å². The Balaban J connectivity index is 2.12. The number of carbonyl (C=O) groups is 1. The van der Waals surface area contributed by atoms with Crippen LogP contribution in [0.15, 0.2) is 12.3 Å². The van der Waals surface area contributed by atoms with Gasteiger partial charge in [-0.2, -0.15) is 0 Å². The predicted octanol–water partition coefficient (Wildman–Crippen LogP) is 2.52. The van der Waals surface area contributed by atoms with Crippen molar-refractivity contribution in [1.29, 1.82) is 0 Å². The maximum absolute atomic E-state index is 13.2. The van der Waals surface area contributed by atoms with Crippen molar-refractivity contribution in [2.45, 2.75) is 25.9 Å². The Labute approximate surface area is 116 Å². The zero-order chi connectivity index (χ0) is 13.8. The number of halogens is 2. The molecule has 1 aliphatic rings. The molecule has 1 aromatic rings. The summed E-state index contributed by atoms with van der Waals surface area (Å²) in [6.07, 6.45) is 2.85. The number of pyridine rings is 1. The van der Waals surface area contributed by atoms with Crippen molar-refractivity contribution < 1.29 is 13.9 Å². The monoisotopic (exact) mass is 286 g/mol. The Morgan fingerprint density at radius 1 is 1.68 bits per heavy atom. The Bertz CT molecular complexity index is 468. The lowest BCUT2D eigenvalue weighted by Crippen LogP contribution is -2.43. The number of ether oxygens (including phenoxy) is 1. The molecule has 1 atom stereocenters. The molecule has 0 N–H and O–H groups in total. The van der Waals surface area contributed by atoms with E-state index in [4.69, 9.17) is 16.3 Å². The molecule has 0 aliphatic carbocycles. The fourth-order valence-corrected chi connectivity index (χ4v) is 2.42. The highest BCUT2D eigenvalue weighted by Gasteiger charge is 2.26. The van der Waals surface area contributed by atoms with Crippen LogP contribution in [0.5, 0.6) is 0 Å². The third-order valence-electron chi connectivity index (χ3n) is 3.10. The van der Waals surface area contributed by atoms with E-state index in [1.165, 1.54) is 0 Å². The first kappa shape index (κ1) is 14.2. The maximum Gasteiger partial charge on any atom is 0.257 e. The van der Waals surface area contributed by atoms with E-state index in [-0.39, 0.29) is 22.7 Å². The molecule has 1 aliphatic heterocycles. The second-order valence-corrected chi connectivity index (χ2v) is 4.82. The van der Waals surface area contributed by atoms with Crippen molar-refractivity contribution in [1.82, 2.24) is 9.88 Å². The molecule has 1 aromatic heterocycles. The minimum absolute atomic E-state index is 0.0323. The number of amides is 1. The summed E-state index contributed by atoms with van der Waals surface area (Å²) in [5.41, 5.74) is 0.110. The lowest BCUT2D eigenvalue weighted by atomic mass is 10.1. The fourth-order valence-electron chi connectivity index (χ4n) is 2.24. The average molecular weight is 287 g/mol. The Morgan fingerprint density at radius 2 is 2.47 bits per heavy atom. The van der Waals surface area contributed by atoms with Crippen molar-refractivity contribution >= 4 is 17.5 Å². The number of aromatic nitrogens is 1. The van der Waals surface area contributed by atoms with Gasteiger partial charge in [-0.15, -0.1) is 0 Å². The molecule has 0 spiro atoms. The number of piperidine rings is 1. The van der Waals surface area contributed by atoms with Crippen molar-refractivity contribution in [3.05, 3.63) is 28.8 Å². The number of nitrogens with zero attached hydrogens (tertiary/aromatic N) is 2. The van der Waals surface area contributed by atoms with Crippen LogP contribution in [0, 0.1) is 5.82 Å². The molecule has 4 nitrogen and oxygen atoms in total. The smallest absolute Gasteiger partial charge is 0.257 e. The average Bonchev–Trinajstić information content (AvgIpc) is 2.41. The van der Waals surface area contributed by atoms with E-state index in [0.29, 0.717) is 19.7 Å². The molecule has 6 heteroatoms. The minimum atomic E-state index is -0.564. The van der Waals surface area contributed by atoms with Crippen LogP contribution in [0.25, 0.3) is 0 Å². The molecule has 0 radical (unpaired) electrons. The molecule has 0 aromatic carbocycles. The van der Waals surface area contributed by atoms with E-state index in [2.05, 4.69) is 4.98 Å². The Kier molecular flexibility index (Phi) is 4.71. The van der Waals surface area contributed by atoms with Gasteiger partial charge in [-0.25, -0.2) is 9.37 Å². The van der Waals surface area contributed by atoms with Gasteiger partial charge in [-0.3, -0.25) is 4.79 Å². The first-order chi connectivity index (χ1) is 9.11. The fraction of sp³-hybridized carbons (Fsp3) is 0.538. The van der Waals surface area contributed by atoms with Gasteiger partial charge in [0.25, 0.3) is 5.91 Å². The largest absolute Gasteiger partial charge is 0.377 e. The number of hydrogen-bond acceptors (Lipinski definition) is 3. The summed E-state index contributed by atoms with van der Waals surface area (Å²) in [6.45, 7) is 3.69. The highest BCUT2D eigenvalue weighted by Crippen LogP contribution is 2.20. The summed E-state index contributed by atoms with van der Waals surface area (Å²) in [4.78, 5) is 17.6. The molecule has 1 unspecified atom stereocenters. The van der Waals surface area contributed by atoms with Gasteiger partial charge in [-0.05, 0) is 25.8 Å². The van der Waals surface area contributed by atoms with E-state index in [9.17, 15) is 9.18 Å². The first-order valence-electron chi connectivity index (χ1n) is 6.33. The van der Waals surface area contributed by atoms with Gasteiger partial charge < -0.3 is 9.64 Å². The van der Waals surface area contributed by atoms with Crippen molar-refractivity contribution in [3.63, 3.8) is 0 Å². The normalized spacial score (nSPS) is 19.5.